The summed E-state index contributed by atoms with van der Waals surface area (Å²) >= 11 is 0. The zero-order chi connectivity index (χ0) is 18.5. The van der Waals surface area contributed by atoms with Gasteiger partial charge in [-0.1, -0.05) is 29.8 Å². The molecule has 1 N–H and O–H groups in total. The molecular formula is C16H22F3NO3S. The average Bonchev–Trinajstić information content (AvgIpc) is 2.44. The van der Waals surface area contributed by atoms with E-state index in [4.69, 9.17) is 4.74 Å². The molecule has 0 aliphatic rings. The molecule has 0 heterocycles. The fraction of sp³-hybridized carbons (Fsp3) is 0.562. The standard InChI is InChI=1S/C16H22F3NO3S/c1-11-5-7-12(8-6-11)10-23-14(21)9-13(16(17,18)19)20-24(22)15(2,3)4/h5-8,13,20H,9-10H2,1-4H3/t13-,24?/m0/s1. The molecule has 0 fully saturated rings. The predicted octanol–water partition coefficient (Wildman–Crippen LogP) is 3.41. The molecular weight excluding hydrogens is 343 g/mol. The van der Waals surface area contributed by atoms with E-state index in [0.29, 0.717) is 5.56 Å². The van der Waals surface area contributed by atoms with Crippen LogP contribution in [0.4, 0.5) is 13.2 Å². The van der Waals surface area contributed by atoms with Crippen LogP contribution in [0.5, 0.6) is 0 Å². The van der Waals surface area contributed by atoms with E-state index in [-0.39, 0.29) is 6.61 Å². The summed E-state index contributed by atoms with van der Waals surface area (Å²) in [5.41, 5.74) is 1.71. The van der Waals surface area contributed by atoms with Crippen LogP contribution >= 0.6 is 0 Å². The lowest BCUT2D eigenvalue weighted by molar-refractivity contribution is -0.167. The van der Waals surface area contributed by atoms with Crippen molar-refractivity contribution in [2.24, 2.45) is 0 Å². The van der Waals surface area contributed by atoms with Crippen LogP contribution in [0.3, 0.4) is 0 Å². The van der Waals surface area contributed by atoms with E-state index in [2.05, 4.69) is 0 Å². The first-order valence-electron chi connectivity index (χ1n) is 7.35. The van der Waals surface area contributed by atoms with Gasteiger partial charge in [0.2, 0.25) is 0 Å². The minimum Gasteiger partial charge on any atom is -0.461 e. The number of carbonyl (C=O) groups excluding carboxylic acids is 1. The van der Waals surface area contributed by atoms with E-state index < -0.39 is 40.3 Å². The van der Waals surface area contributed by atoms with Crippen molar-refractivity contribution in [3.63, 3.8) is 0 Å². The van der Waals surface area contributed by atoms with Gasteiger partial charge in [0.1, 0.15) is 12.6 Å². The molecule has 0 amide bonds. The van der Waals surface area contributed by atoms with Crippen LogP contribution in [-0.4, -0.2) is 27.1 Å². The molecule has 0 saturated heterocycles. The number of aryl methyl sites for hydroxylation is 1. The molecule has 0 saturated carbocycles. The summed E-state index contributed by atoms with van der Waals surface area (Å²) in [6.07, 6.45) is -5.64. The highest BCUT2D eigenvalue weighted by Gasteiger charge is 2.43. The molecule has 24 heavy (non-hydrogen) atoms. The predicted molar refractivity (Wildman–Crippen MR) is 86.5 cm³/mol. The summed E-state index contributed by atoms with van der Waals surface area (Å²) in [4.78, 5) is 11.7. The third kappa shape index (κ3) is 7.00. The molecule has 0 radical (unpaired) electrons. The van der Waals surface area contributed by atoms with Crippen molar-refractivity contribution < 1.29 is 26.9 Å². The number of hydrogen-bond donors (Lipinski definition) is 1. The van der Waals surface area contributed by atoms with Gasteiger partial charge in [-0.3, -0.25) is 4.79 Å². The summed E-state index contributed by atoms with van der Waals surface area (Å²) in [5, 5.41) is 0. The number of alkyl halides is 3. The van der Waals surface area contributed by atoms with E-state index >= 15 is 0 Å². The first-order chi connectivity index (χ1) is 10.9. The third-order valence-corrected chi connectivity index (χ3v) is 4.70. The van der Waals surface area contributed by atoms with Crippen LogP contribution in [-0.2, 0) is 27.1 Å². The second kappa shape index (κ2) is 8.11. The minimum absolute atomic E-state index is 0.105. The molecule has 0 spiro atoms. The summed E-state index contributed by atoms with van der Waals surface area (Å²) < 4.78 is 56.9. The van der Waals surface area contributed by atoms with Crippen molar-refractivity contribution in [2.75, 3.05) is 0 Å². The highest BCUT2D eigenvalue weighted by atomic mass is 32.2. The number of nitrogens with one attached hydrogen (secondary N) is 1. The Morgan fingerprint density at radius 3 is 2.21 bits per heavy atom. The van der Waals surface area contributed by atoms with Crippen molar-refractivity contribution >= 4 is 17.0 Å². The summed E-state index contributed by atoms with van der Waals surface area (Å²) in [5.74, 6) is -1.00. The molecule has 0 aromatic heterocycles. The van der Waals surface area contributed by atoms with Crippen LogP contribution in [0.15, 0.2) is 24.3 Å². The number of halogens is 3. The lowest BCUT2D eigenvalue weighted by Crippen LogP contribution is -2.48. The lowest BCUT2D eigenvalue weighted by Gasteiger charge is -2.25. The minimum atomic E-state index is -4.70. The molecule has 1 aromatic carbocycles. The zero-order valence-electron chi connectivity index (χ0n) is 14.1. The molecule has 1 unspecified atom stereocenters. The van der Waals surface area contributed by atoms with Crippen LogP contribution in [0.1, 0.15) is 38.3 Å². The Hall–Kier alpha value is -1.41. The molecule has 0 bridgehead atoms. The van der Waals surface area contributed by atoms with Gasteiger partial charge in [-0.25, -0.2) is 8.93 Å². The Balaban J connectivity index is 2.64. The van der Waals surface area contributed by atoms with Gasteiger partial charge in [-0.15, -0.1) is 0 Å². The molecule has 1 aromatic rings. The molecule has 0 aliphatic heterocycles. The smallest absolute Gasteiger partial charge is 0.405 e. The SMILES string of the molecule is Cc1ccc(COC(=O)C[C@H](NS(=O)C(C)(C)C)C(F)(F)F)cc1. The fourth-order valence-electron chi connectivity index (χ4n) is 1.60. The third-order valence-electron chi connectivity index (χ3n) is 3.09. The van der Waals surface area contributed by atoms with Crippen molar-refractivity contribution in [3.05, 3.63) is 35.4 Å². The first-order valence-corrected chi connectivity index (χ1v) is 8.50. The van der Waals surface area contributed by atoms with Gasteiger partial charge >= 0.3 is 12.1 Å². The first kappa shape index (κ1) is 20.6. The van der Waals surface area contributed by atoms with Crippen molar-refractivity contribution in [2.45, 2.75) is 57.7 Å². The Morgan fingerprint density at radius 1 is 1.21 bits per heavy atom. The number of hydrogen-bond acceptors (Lipinski definition) is 3. The maximum atomic E-state index is 13.0. The number of carbonyl (C=O) groups is 1. The molecule has 1 rings (SSSR count). The van der Waals surface area contributed by atoms with E-state index in [1.165, 1.54) is 0 Å². The van der Waals surface area contributed by atoms with Crippen LogP contribution in [0.25, 0.3) is 0 Å². The van der Waals surface area contributed by atoms with Crippen LogP contribution < -0.4 is 4.72 Å². The molecule has 136 valence electrons. The van der Waals surface area contributed by atoms with Gasteiger partial charge < -0.3 is 4.74 Å². The monoisotopic (exact) mass is 365 g/mol. The topological polar surface area (TPSA) is 55.4 Å². The second-order valence-electron chi connectivity index (χ2n) is 6.44. The molecule has 2 atom stereocenters. The highest BCUT2D eigenvalue weighted by Crippen LogP contribution is 2.25. The second-order valence-corrected chi connectivity index (χ2v) is 8.44. The lowest BCUT2D eigenvalue weighted by atomic mass is 10.2. The maximum Gasteiger partial charge on any atom is 0.405 e. The maximum absolute atomic E-state index is 13.0. The van der Waals surface area contributed by atoms with E-state index in [1.54, 1.807) is 32.9 Å². The molecule has 4 nitrogen and oxygen atoms in total. The van der Waals surface area contributed by atoms with Gasteiger partial charge in [0.25, 0.3) is 0 Å². The van der Waals surface area contributed by atoms with E-state index in [9.17, 15) is 22.2 Å². The van der Waals surface area contributed by atoms with E-state index in [1.807, 2.05) is 23.8 Å². The van der Waals surface area contributed by atoms with E-state index in [0.717, 1.165) is 5.56 Å². The molecule has 8 heteroatoms. The normalized spacial score (nSPS) is 15.0. The van der Waals surface area contributed by atoms with Crippen molar-refractivity contribution in [1.29, 1.82) is 0 Å². The number of benzene rings is 1. The van der Waals surface area contributed by atoms with Gasteiger partial charge in [0.05, 0.1) is 22.2 Å². The van der Waals surface area contributed by atoms with Gasteiger partial charge in [-0.2, -0.15) is 13.2 Å². The Kier molecular flexibility index (Phi) is 6.97. The quantitative estimate of drug-likeness (QED) is 0.786. The molecule has 0 aliphatic carbocycles. The Labute approximate surface area is 142 Å². The van der Waals surface area contributed by atoms with Gasteiger partial charge in [0, 0.05) is 0 Å². The number of rotatable bonds is 6. The Morgan fingerprint density at radius 2 is 1.75 bits per heavy atom. The van der Waals surface area contributed by atoms with Crippen molar-refractivity contribution in [3.8, 4) is 0 Å². The van der Waals surface area contributed by atoms with Crippen molar-refractivity contribution in [1.82, 2.24) is 4.72 Å². The number of esters is 1. The summed E-state index contributed by atoms with van der Waals surface area (Å²) in [7, 11) is -1.95. The van der Waals surface area contributed by atoms with Crippen LogP contribution in [0, 0.1) is 6.92 Å². The zero-order valence-corrected chi connectivity index (χ0v) is 14.9. The average molecular weight is 365 g/mol. The largest absolute Gasteiger partial charge is 0.461 e. The summed E-state index contributed by atoms with van der Waals surface area (Å²) in [6.45, 7) is 6.41. The fourth-order valence-corrected chi connectivity index (χ4v) is 2.43. The summed E-state index contributed by atoms with van der Waals surface area (Å²) in [6, 6.07) is 4.88. The Bertz CT molecular complexity index is 580. The highest BCUT2D eigenvalue weighted by molar-refractivity contribution is 7.84. The number of ether oxygens (including phenoxy) is 1. The van der Waals surface area contributed by atoms with Gasteiger partial charge in [0.15, 0.2) is 0 Å². The van der Waals surface area contributed by atoms with Gasteiger partial charge in [-0.05, 0) is 33.3 Å². The van der Waals surface area contributed by atoms with Crippen LogP contribution in [0.2, 0.25) is 0 Å².